The predicted octanol–water partition coefficient (Wildman–Crippen LogP) is 2.20. The van der Waals surface area contributed by atoms with Crippen LogP contribution >= 0.6 is 0 Å². The van der Waals surface area contributed by atoms with Crippen LogP contribution in [0.2, 0.25) is 0 Å². The predicted molar refractivity (Wildman–Crippen MR) is 81.0 cm³/mol. The number of nitrogens with zero attached hydrogens (tertiary/aromatic N) is 1. The molecule has 0 saturated carbocycles. The summed E-state index contributed by atoms with van der Waals surface area (Å²) in [6, 6.07) is 8.32. The summed E-state index contributed by atoms with van der Waals surface area (Å²) in [5.74, 6) is 0.911. The molecule has 1 saturated heterocycles. The SMILES string of the molecule is CCN(CC1CCCO1)C(CN)c1ccccc1OC. The van der Waals surface area contributed by atoms with Gasteiger partial charge in [0, 0.05) is 25.3 Å². The zero-order valence-electron chi connectivity index (χ0n) is 12.5. The molecule has 1 heterocycles. The van der Waals surface area contributed by atoms with Crippen molar-refractivity contribution in [2.75, 3.05) is 33.4 Å². The summed E-state index contributed by atoms with van der Waals surface area (Å²) in [4.78, 5) is 2.40. The minimum atomic E-state index is 0.181. The largest absolute Gasteiger partial charge is 0.496 e. The summed E-state index contributed by atoms with van der Waals surface area (Å²) in [6.45, 7) is 5.55. The Morgan fingerprint density at radius 2 is 2.25 bits per heavy atom. The Morgan fingerprint density at radius 1 is 1.45 bits per heavy atom. The highest BCUT2D eigenvalue weighted by Gasteiger charge is 2.25. The number of benzene rings is 1. The van der Waals surface area contributed by atoms with Gasteiger partial charge in [-0.25, -0.2) is 0 Å². The molecule has 4 heteroatoms. The van der Waals surface area contributed by atoms with E-state index in [1.54, 1.807) is 7.11 Å². The van der Waals surface area contributed by atoms with Crippen LogP contribution in [0.1, 0.15) is 31.4 Å². The Morgan fingerprint density at radius 3 is 2.85 bits per heavy atom. The van der Waals surface area contributed by atoms with E-state index in [-0.39, 0.29) is 6.04 Å². The van der Waals surface area contributed by atoms with Gasteiger partial charge in [0.1, 0.15) is 5.75 Å². The summed E-state index contributed by atoms with van der Waals surface area (Å²) in [7, 11) is 1.71. The maximum Gasteiger partial charge on any atom is 0.123 e. The maximum atomic E-state index is 6.04. The lowest BCUT2D eigenvalue weighted by Gasteiger charge is -2.32. The van der Waals surface area contributed by atoms with Crippen LogP contribution in [0.25, 0.3) is 0 Å². The molecule has 2 N–H and O–H groups in total. The highest BCUT2D eigenvalue weighted by atomic mass is 16.5. The van der Waals surface area contributed by atoms with Gasteiger partial charge in [-0.15, -0.1) is 0 Å². The zero-order valence-corrected chi connectivity index (χ0v) is 12.5. The van der Waals surface area contributed by atoms with E-state index in [2.05, 4.69) is 17.9 Å². The lowest BCUT2D eigenvalue weighted by Crippen LogP contribution is -2.38. The van der Waals surface area contributed by atoms with Crippen LogP contribution in [0.3, 0.4) is 0 Å². The van der Waals surface area contributed by atoms with Gasteiger partial charge >= 0.3 is 0 Å². The van der Waals surface area contributed by atoms with Gasteiger partial charge in [0.2, 0.25) is 0 Å². The first kappa shape index (κ1) is 15.3. The number of hydrogen-bond acceptors (Lipinski definition) is 4. The van der Waals surface area contributed by atoms with Crippen LogP contribution in [-0.4, -0.2) is 44.4 Å². The first-order valence-electron chi connectivity index (χ1n) is 7.48. The van der Waals surface area contributed by atoms with Crippen molar-refractivity contribution in [1.29, 1.82) is 0 Å². The molecule has 112 valence electrons. The number of rotatable bonds is 7. The zero-order chi connectivity index (χ0) is 14.4. The molecule has 2 rings (SSSR count). The highest BCUT2D eigenvalue weighted by molar-refractivity contribution is 5.36. The fourth-order valence-electron chi connectivity index (χ4n) is 2.94. The Labute approximate surface area is 121 Å². The van der Waals surface area contributed by atoms with Gasteiger partial charge < -0.3 is 15.2 Å². The Balaban J connectivity index is 2.15. The fourth-order valence-corrected chi connectivity index (χ4v) is 2.94. The van der Waals surface area contributed by atoms with Gasteiger partial charge in [-0.1, -0.05) is 25.1 Å². The molecule has 0 aromatic heterocycles. The lowest BCUT2D eigenvalue weighted by atomic mass is 10.0. The molecule has 0 amide bonds. The van der Waals surface area contributed by atoms with Crippen LogP contribution in [0.5, 0.6) is 5.75 Å². The van der Waals surface area contributed by atoms with E-state index in [1.807, 2.05) is 18.2 Å². The van der Waals surface area contributed by atoms with Gasteiger partial charge in [0.25, 0.3) is 0 Å². The lowest BCUT2D eigenvalue weighted by molar-refractivity contribution is 0.0597. The van der Waals surface area contributed by atoms with Crippen LogP contribution in [0.4, 0.5) is 0 Å². The van der Waals surface area contributed by atoms with E-state index in [0.29, 0.717) is 12.6 Å². The molecule has 1 aromatic carbocycles. The third kappa shape index (κ3) is 3.51. The molecule has 0 radical (unpaired) electrons. The molecule has 1 aliphatic heterocycles. The van der Waals surface area contributed by atoms with E-state index in [9.17, 15) is 0 Å². The van der Waals surface area contributed by atoms with Crippen molar-refractivity contribution >= 4 is 0 Å². The first-order valence-corrected chi connectivity index (χ1v) is 7.48. The highest BCUT2D eigenvalue weighted by Crippen LogP contribution is 2.29. The normalized spacial score (nSPS) is 20.3. The average Bonchev–Trinajstić information content (AvgIpc) is 3.00. The minimum Gasteiger partial charge on any atom is -0.496 e. The maximum absolute atomic E-state index is 6.04. The molecule has 1 aliphatic rings. The smallest absolute Gasteiger partial charge is 0.123 e. The molecule has 2 unspecified atom stereocenters. The van der Waals surface area contributed by atoms with Crippen LogP contribution in [-0.2, 0) is 4.74 Å². The van der Waals surface area contributed by atoms with Gasteiger partial charge in [-0.05, 0) is 25.5 Å². The van der Waals surface area contributed by atoms with E-state index >= 15 is 0 Å². The van der Waals surface area contributed by atoms with E-state index < -0.39 is 0 Å². The summed E-state index contributed by atoms with van der Waals surface area (Å²) in [5, 5.41) is 0. The van der Waals surface area contributed by atoms with E-state index in [4.69, 9.17) is 15.2 Å². The molecule has 0 spiro atoms. The number of hydrogen-bond donors (Lipinski definition) is 1. The van der Waals surface area contributed by atoms with E-state index in [1.165, 1.54) is 6.42 Å². The average molecular weight is 278 g/mol. The van der Waals surface area contributed by atoms with Crippen molar-refractivity contribution in [3.05, 3.63) is 29.8 Å². The van der Waals surface area contributed by atoms with Gasteiger partial charge in [0.05, 0.1) is 19.3 Å². The van der Waals surface area contributed by atoms with Crippen molar-refractivity contribution in [1.82, 2.24) is 4.90 Å². The van der Waals surface area contributed by atoms with Gasteiger partial charge in [0.15, 0.2) is 0 Å². The van der Waals surface area contributed by atoms with Gasteiger partial charge in [-0.3, -0.25) is 4.90 Å². The molecular formula is C16H26N2O2. The number of likely N-dealkylation sites (N-methyl/N-ethyl adjacent to an activating group) is 1. The summed E-state index contributed by atoms with van der Waals surface area (Å²) < 4.78 is 11.2. The molecule has 4 nitrogen and oxygen atoms in total. The fraction of sp³-hybridized carbons (Fsp3) is 0.625. The quantitative estimate of drug-likeness (QED) is 0.830. The molecule has 0 aliphatic carbocycles. The van der Waals surface area contributed by atoms with E-state index in [0.717, 1.165) is 37.4 Å². The van der Waals surface area contributed by atoms with Crippen molar-refractivity contribution in [3.8, 4) is 5.75 Å². The second-order valence-corrected chi connectivity index (χ2v) is 5.22. The summed E-state index contributed by atoms with van der Waals surface area (Å²) >= 11 is 0. The monoisotopic (exact) mass is 278 g/mol. The number of methoxy groups -OCH3 is 1. The van der Waals surface area contributed by atoms with Crippen molar-refractivity contribution < 1.29 is 9.47 Å². The third-order valence-corrected chi connectivity index (χ3v) is 4.03. The number of nitrogens with two attached hydrogens (primary N) is 1. The van der Waals surface area contributed by atoms with Crippen LogP contribution < -0.4 is 10.5 Å². The molecule has 1 fully saturated rings. The van der Waals surface area contributed by atoms with Crippen molar-refractivity contribution in [2.24, 2.45) is 5.73 Å². The Bertz CT molecular complexity index is 405. The molecule has 20 heavy (non-hydrogen) atoms. The van der Waals surface area contributed by atoms with Crippen LogP contribution in [0.15, 0.2) is 24.3 Å². The molecule has 1 aromatic rings. The van der Waals surface area contributed by atoms with Gasteiger partial charge in [-0.2, -0.15) is 0 Å². The van der Waals surface area contributed by atoms with Crippen molar-refractivity contribution in [3.63, 3.8) is 0 Å². The Kier molecular flexibility index (Phi) is 5.83. The minimum absolute atomic E-state index is 0.181. The molecule has 0 bridgehead atoms. The number of ether oxygens (including phenoxy) is 2. The third-order valence-electron chi connectivity index (χ3n) is 4.03. The standard InChI is InChI=1S/C16H26N2O2/c1-3-18(12-13-7-6-10-20-13)15(11-17)14-8-4-5-9-16(14)19-2/h4-5,8-9,13,15H,3,6-7,10-12,17H2,1-2H3. The second-order valence-electron chi connectivity index (χ2n) is 5.22. The molecular weight excluding hydrogens is 252 g/mol. The number of para-hydroxylation sites is 1. The second kappa shape index (κ2) is 7.62. The molecule has 2 atom stereocenters. The van der Waals surface area contributed by atoms with Crippen molar-refractivity contribution in [2.45, 2.75) is 31.9 Å². The summed E-state index contributed by atoms with van der Waals surface area (Å²) in [6.07, 6.45) is 2.67. The first-order chi connectivity index (χ1) is 9.80. The summed E-state index contributed by atoms with van der Waals surface area (Å²) in [5.41, 5.74) is 7.21. The topological polar surface area (TPSA) is 47.7 Å². The van der Waals surface area contributed by atoms with Crippen LogP contribution in [0, 0.1) is 0 Å². The Hall–Kier alpha value is -1.10.